The van der Waals surface area contributed by atoms with Crippen LogP contribution in [0.5, 0.6) is 0 Å². The van der Waals surface area contributed by atoms with Gasteiger partial charge in [-0.25, -0.2) is 12.8 Å². The SMILES string of the molecule is CS(=O)(=O)N(CC(=O)Nc1ccccc1C(=O)NCCc1ccccc1)c1ccc(F)cc1. The Labute approximate surface area is 192 Å². The molecule has 33 heavy (non-hydrogen) atoms. The third-order valence-corrected chi connectivity index (χ3v) is 5.93. The molecule has 172 valence electrons. The molecule has 0 bridgehead atoms. The van der Waals surface area contributed by atoms with Crippen LogP contribution in [0.4, 0.5) is 15.8 Å². The minimum atomic E-state index is -3.81. The Bertz CT molecular complexity index is 1220. The number of para-hydroxylation sites is 1. The smallest absolute Gasteiger partial charge is 0.253 e. The van der Waals surface area contributed by atoms with Crippen LogP contribution in [0.2, 0.25) is 0 Å². The highest BCUT2D eigenvalue weighted by Crippen LogP contribution is 2.19. The van der Waals surface area contributed by atoms with Crippen LogP contribution in [0.25, 0.3) is 0 Å². The van der Waals surface area contributed by atoms with Crippen molar-refractivity contribution in [1.82, 2.24) is 5.32 Å². The van der Waals surface area contributed by atoms with Gasteiger partial charge in [-0.2, -0.15) is 0 Å². The molecule has 0 heterocycles. The molecular formula is C24H24FN3O4S. The lowest BCUT2D eigenvalue weighted by molar-refractivity contribution is -0.114. The second-order valence-electron chi connectivity index (χ2n) is 7.33. The van der Waals surface area contributed by atoms with Crippen LogP contribution in [0.1, 0.15) is 15.9 Å². The van der Waals surface area contributed by atoms with Crippen molar-refractivity contribution < 1.29 is 22.4 Å². The average Bonchev–Trinajstić information content (AvgIpc) is 2.78. The summed E-state index contributed by atoms with van der Waals surface area (Å²) in [4.78, 5) is 25.3. The molecule has 2 N–H and O–H groups in total. The zero-order valence-electron chi connectivity index (χ0n) is 18.0. The number of rotatable bonds is 9. The van der Waals surface area contributed by atoms with Crippen molar-refractivity contribution in [3.8, 4) is 0 Å². The molecule has 0 aromatic heterocycles. The van der Waals surface area contributed by atoms with Gasteiger partial charge in [0.2, 0.25) is 15.9 Å². The average molecular weight is 470 g/mol. The van der Waals surface area contributed by atoms with Crippen LogP contribution >= 0.6 is 0 Å². The van der Waals surface area contributed by atoms with Gasteiger partial charge in [0.1, 0.15) is 12.4 Å². The van der Waals surface area contributed by atoms with Crippen molar-refractivity contribution in [1.29, 1.82) is 0 Å². The molecule has 0 aliphatic heterocycles. The van der Waals surface area contributed by atoms with Crippen LogP contribution in [0.3, 0.4) is 0 Å². The summed E-state index contributed by atoms with van der Waals surface area (Å²) in [6, 6.07) is 20.9. The molecule has 3 aromatic carbocycles. The van der Waals surface area contributed by atoms with Crippen LogP contribution in [-0.4, -0.2) is 39.6 Å². The Kier molecular flexibility index (Phi) is 7.78. The molecule has 2 amide bonds. The third kappa shape index (κ3) is 6.88. The first kappa shape index (κ1) is 23.9. The van der Waals surface area contributed by atoms with Gasteiger partial charge in [0.05, 0.1) is 23.2 Å². The van der Waals surface area contributed by atoms with Gasteiger partial charge in [-0.1, -0.05) is 42.5 Å². The molecule has 0 aliphatic rings. The fourth-order valence-corrected chi connectivity index (χ4v) is 4.03. The molecule has 0 fully saturated rings. The van der Waals surface area contributed by atoms with E-state index in [1.54, 1.807) is 24.3 Å². The van der Waals surface area contributed by atoms with Crippen LogP contribution < -0.4 is 14.9 Å². The summed E-state index contributed by atoms with van der Waals surface area (Å²) in [5, 5.41) is 5.43. The number of sulfonamides is 1. The van der Waals surface area contributed by atoms with E-state index in [0.29, 0.717) is 13.0 Å². The summed E-state index contributed by atoms with van der Waals surface area (Å²) in [6.07, 6.45) is 1.61. The normalized spacial score (nSPS) is 11.0. The summed E-state index contributed by atoms with van der Waals surface area (Å²) >= 11 is 0. The van der Waals surface area contributed by atoms with Crippen LogP contribution in [0.15, 0.2) is 78.9 Å². The number of anilines is 2. The first-order chi connectivity index (χ1) is 15.7. The first-order valence-electron chi connectivity index (χ1n) is 10.2. The van der Waals surface area contributed by atoms with E-state index >= 15 is 0 Å². The Balaban J connectivity index is 1.68. The van der Waals surface area contributed by atoms with Gasteiger partial charge >= 0.3 is 0 Å². The van der Waals surface area contributed by atoms with E-state index in [1.807, 2.05) is 30.3 Å². The van der Waals surface area contributed by atoms with E-state index in [2.05, 4.69) is 10.6 Å². The predicted molar refractivity (Wildman–Crippen MR) is 126 cm³/mol. The zero-order chi connectivity index (χ0) is 23.8. The third-order valence-electron chi connectivity index (χ3n) is 4.79. The van der Waals surface area contributed by atoms with Crippen molar-refractivity contribution in [2.75, 3.05) is 29.0 Å². The molecule has 9 heteroatoms. The maximum atomic E-state index is 13.2. The van der Waals surface area contributed by atoms with Crippen molar-refractivity contribution >= 4 is 33.2 Å². The van der Waals surface area contributed by atoms with Crippen molar-refractivity contribution in [3.63, 3.8) is 0 Å². The van der Waals surface area contributed by atoms with E-state index in [0.717, 1.165) is 28.3 Å². The van der Waals surface area contributed by atoms with E-state index in [-0.39, 0.29) is 22.8 Å². The van der Waals surface area contributed by atoms with Gasteiger partial charge in [-0.3, -0.25) is 13.9 Å². The van der Waals surface area contributed by atoms with Gasteiger partial charge in [0, 0.05) is 6.54 Å². The molecule has 0 saturated carbocycles. The van der Waals surface area contributed by atoms with E-state index < -0.39 is 28.3 Å². The van der Waals surface area contributed by atoms with Crippen LogP contribution in [0, 0.1) is 5.82 Å². The number of hydrogen-bond donors (Lipinski definition) is 2. The predicted octanol–water partition coefficient (Wildman–Crippen LogP) is 3.20. The second kappa shape index (κ2) is 10.7. The van der Waals surface area contributed by atoms with Gasteiger partial charge in [0.15, 0.2) is 0 Å². The topological polar surface area (TPSA) is 95.6 Å². The van der Waals surface area contributed by atoms with Crippen molar-refractivity contribution in [3.05, 3.63) is 95.8 Å². The van der Waals surface area contributed by atoms with E-state index in [4.69, 9.17) is 0 Å². The number of carbonyl (C=O) groups excluding carboxylic acids is 2. The number of hydrogen-bond acceptors (Lipinski definition) is 4. The highest BCUT2D eigenvalue weighted by Gasteiger charge is 2.22. The monoisotopic (exact) mass is 469 g/mol. The van der Waals surface area contributed by atoms with Crippen molar-refractivity contribution in [2.45, 2.75) is 6.42 Å². The largest absolute Gasteiger partial charge is 0.352 e. The molecule has 0 unspecified atom stereocenters. The number of carbonyl (C=O) groups is 2. The minimum absolute atomic E-state index is 0.154. The minimum Gasteiger partial charge on any atom is -0.352 e. The first-order valence-corrected chi connectivity index (χ1v) is 12.0. The Hall–Kier alpha value is -3.72. The van der Waals surface area contributed by atoms with E-state index in [1.165, 1.54) is 12.1 Å². The fourth-order valence-electron chi connectivity index (χ4n) is 3.18. The summed E-state index contributed by atoms with van der Waals surface area (Å²) in [5.74, 6) is -1.53. The molecule has 3 rings (SSSR count). The lowest BCUT2D eigenvalue weighted by Crippen LogP contribution is -2.37. The number of nitrogens with one attached hydrogen (secondary N) is 2. The Morgan fingerprint density at radius 2 is 1.55 bits per heavy atom. The van der Waals surface area contributed by atoms with Gasteiger partial charge in [-0.15, -0.1) is 0 Å². The molecule has 0 spiro atoms. The van der Waals surface area contributed by atoms with Gasteiger partial charge < -0.3 is 10.6 Å². The van der Waals surface area contributed by atoms with Crippen LogP contribution in [-0.2, 0) is 21.2 Å². The Morgan fingerprint density at radius 1 is 0.909 bits per heavy atom. The molecule has 0 aliphatic carbocycles. The summed E-state index contributed by atoms with van der Waals surface area (Å²) in [5.41, 5.74) is 1.75. The maximum absolute atomic E-state index is 13.2. The molecule has 7 nitrogen and oxygen atoms in total. The second-order valence-corrected chi connectivity index (χ2v) is 9.24. The number of nitrogens with zero attached hydrogens (tertiary/aromatic N) is 1. The molecule has 0 atom stereocenters. The summed E-state index contributed by atoms with van der Waals surface area (Å²) in [7, 11) is -3.81. The van der Waals surface area contributed by atoms with Gasteiger partial charge in [0.25, 0.3) is 5.91 Å². The fraction of sp³-hybridized carbons (Fsp3) is 0.167. The highest BCUT2D eigenvalue weighted by molar-refractivity contribution is 7.92. The number of benzene rings is 3. The molecular weight excluding hydrogens is 445 g/mol. The van der Waals surface area contributed by atoms with Crippen molar-refractivity contribution in [2.24, 2.45) is 0 Å². The lowest BCUT2D eigenvalue weighted by Gasteiger charge is -2.22. The molecule has 0 saturated heterocycles. The Morgan fingerprint density at radius 3 is 2.21 bits per heavy atom. The maximum Gasteiger partial charge on any atom is 0.253 e. The standard InChI is InChI=1S/C24H24FN3O4S/c1-33(31,32)28(20-13-11-19(25)12-14-20)17-23(29)27-22-10-6-5-9-21(22)24(30)26-16-15-18-7-3-2-4-8-18/h2-14H,15-17H2,1H3,(H,26,30)(H,27,29). The summed E-state index contributed by atoms with van der Waals surface area (Å²) in [6.45, 7) is -0.119. The van der Waals surface area contributed by atoms with Gasteiger partial charge in [-0.05, 0) is 48.4 Å². The molecule has 3 aromatic rings. The molecule has 0 radical (unpaired) electrons. The number of amides is 2. The van der Waals surface area contributed by atoms with E-state index in [9.17, 15) is 22.4 Å². The summed E-state index contributed by atoms with van der Waals surface area (Å²) < 4.78 is 38.5. The quantitative estimate of drug-likeness (QED) is 0.503. The highest BCUT2D eigenvalue weighted by atomic mass is 32.2. The zero-order valence-corrected chi connectivity index (χ0v) is 18.8. The lowest BCUT2D eigenvalue weighted by atomic mass is 10.1. The number of halogens is 1.